The maximum atomic E-state index is 13.0. The largest absolute Gasteiger partial charge is 0.497 e. The maximum Gasteiger partial charge on any atom is 0.325 e. The van der Waals surface area contributed by atoms with E-state index in [0.717, 1.165) is 80.4 Å². The van der Waals surface area contributed by atoms with Crippen LogP contribution in [-0.4, -0.2) is 72.8 Å². The van der Waals surface area contributed by atoms with Crippen molar-refractivity contribution in [1.29, 1.82) is 0 Å². The number of nitrogens with one attached hydrogen (secondary N) is 1. The lowest BCUT2D eigenvalue weighted by Gasteiger charge is -2.38. The summed E-state index contributed by atoms with van der Waals surface area (Å²) in [6, 6.07) is 14.8. The van der Waals surface area contributed by atoms with Crippen molar-refractivity contribution in [2.75, 3.05) is 27.4 Å². The minimum atomic E-state index is -0.600. The Kier molecular flexibility index (Phi) is 9.66. The highest BCUT2D eigenvalue weighted by atomic mass is 16.5. The molecular weight excluding hydrogens is 560 g/mol. The van der Waals surface area contributed by atoms with Crippen molar-refractivity contribution in [3.05, 3.63) is 59.7 Å². The number of benzene rings is 2. The highest BCUT2D eigenvalue weighted by molar-refractivity contribution is 6.47. The Bertz CT molecular complexity index is 1400. The van der Waals surface area contributed by atoms with Crippen molar-refractivity contribution < 1.29 is 28.6 Å². The molecule has 2 amide bonds. The third kappa shape index (κ3) is 6.64. The van der Waals surface area contributed by atoms with E-state index in [9.17, 15) is 14.4 Å². The second-order valence-electron chi connectivity index (χ2n) is 11.7. The molecule has 234 valence electrons. The summed E-state index contributed by atoms with van der Waals surface area (Å²) in [5.41, 5.74) is 1.67. The zero-order chi connectivity index (χ0) is 31.2. The Labute approximate surface area is 258 Å². The quantitative estimate of drug-likeness (QED) is 0.454. The number of methoxy groups -OCH3 is 2. The molecule has 0 radical (unpaired) electrons. The first-order valence-electron chi connectivity index (χ1n) is 15.6. The molecule has 2 fully saturated rings. The van der Waals surface area contributed by atoms with Gasteiger partial charge in [0.15, 0.2) is 0 Å². The summed E-state index contributed by atoms with van der Waals surface area (Å²) in [5, 5.41) is 3.07. The van der Waals surface area contributed by atoms with E-state index in [2.05, 4.69) is 5.32 Å². The Balaban J connectivity index is 0.000000181. The number of carbonyl (C=O) groups is 3. The van der Waals surface area contributed by atoms with Crippen molar-refractivity contribution >= 4 is 29.2 Å². The van der Waals surface area contributed by atoms with Crippen LogP contribution in [0, 0.1) is 0 Å². The minimum absolute atomic E-state index is 0.0458. The van der Waals surface area contributed by atoms with Crippen LogP contribution in [0.1, 0.15) is 82.3 Å². The molecule has 2 aromatic rings. The molecule has 1 N–H and O–H groups in total. The molecule has 2 aromatic carbocycles. The summed E-state index contributed by atoms with van der Waals surface area (Å²) in [6.45, 7) is 2.02. The van der Waals surface area contributed by atoms with E-state index in [4.69, 9.17) is 24.2 Å². The number of nitrogens with zero attached hydrogens (tertiary/aromatic N) is 3. The number of carbonyl (C=O) groups excluding carboxylic acids is 3. The predicted octanol–water partition coefficient (Wildman–Crippen LogP) is 4.82. The molecule has 4 aliphatic rings. The van der Waals surface area contributed by atoms with Gasteiger partial charge in [-0.25, -0.2) is 0 Å². The molecule has 10 nitrogen and oxygen atoms in total. The Morgan fingerprint density at radius 1 is 0.773 bits per heavy atom. The van der Waals surface area contributed by atoms with Crippen LogP contribution in [0.25, 0.3) is 0 Å². The van der Waals surface area contributed by atoms with Crippen LogP contribution in [0.4, 0.5) is 0 Å². The van der Waals surface area contributed by atoms with E-state index in [1.54, 1.807) is 26.0 Å². The minimum Gasteiger partial charge on any atom is -0.497 e. The summed E-state index contributed by atoms with van der Waals surface area (Å²) >= 11 is 0. The van der Waals surface area contributed by atoms with Gasteiger partial charge in [-0.05, 0) is 107 Å². The third-order valence-electron chi connectivity index (χ3n) is 8.81. The van der Waals surface area contributed by atoms with Crippen molar-refractivity contribution in [3.63, 3.8) is 0 Å². The van der Waals surface area contributed by atoms with E-state index in [-0.39, 0.29) is 30.0 Å². The first-order chi connectivity index (χ1) is 21.3. The Hall–Kier alpha value is -4.21. The number of esters is 1. The fourth-order valence-electron chi connectivity index (χ4n) is 6.51. The van der Waals surface area contributed by atoms with Crippen molar-refractivity contribution in [2.24, 2.45) is 9.98 Å². The van der Waals surface area contributed by atoms with E-state index in [1.807, 2.05) is 48.5 Å². The molecule has 2 saturated carbocycles. The monoisotopic (exact) mass is 602 g/mol. The second kappa shape index (κ2) is 13.6. The van der Waals surface area contributed by atoms with E-state index in [1.165, 1.54) is 6.42 Å². The number of rotatable bonds is 7. The number of aliphatic imine (C=N–C) groups is 2. The van der Waals surface area contributed by atoms with Gasteiger partial charge in [-0.2, -0.15) is 0 Å². The molecular formula is C34H42N4O6. The summed E-state index contributed by atoms with van der Waals surface area (Å²) in [7, 11) is 3.23. The van der Waals surface area contributed by atoms with Gasteiger partial charge in [-0.15, -0.1) is 0 Å². The first kappa shape index (κ1) is 31.2. The Morgan fingerprint density at radius 3 is 1.82 bits per heavy atom. The van der Waals surface area contributed by atoms with E-state index < -0.39 is 5.66 Å². The highest BCUT2D eigenvalue weighted by Gasteiger charge is 2.48. The van der Waals surface area contributed by atoms with Crippen molar-refractivity contribution in [1.82, 2.24) is 10.2 Å². The van der Waals surface area contributed by atoms with Gasteiger partial charge in [0.2, 0.25) is 0 Å². The molecule has 44 heavy (non-hydrogen) atoms. The molecule has 0 aromatic heterocycles. The average Bonchev–Trinajstić information content (AvgIpc) is 3.50. The molecule has 2 aliphatic heterocycles. The smallest absolute Gasteiger partial charge is 0.325 e. The average molecular weight is 603 g/mol. The molecule has 2 heterocycles. The van der Waals surface area contributed by atoms with Gasteiger partial charge in [0, 0.05) is 11.1 Å². The first-order valence-corrected chi connectivity index (χ1v) is 15.6. The van der Waals surface area contributed by atoms with Crippen LogP contribution in [0.3, 0.4) is 0 Å². The van der Waals surface area contributed by atoms with Gasteiger partial charge in [-0.3, -0.25) is 24.4 Å². The van der Waals surface area contributed by atoms with Gasteiger partial charge < -0.3 is 24.4 Å². The highest BCUT2D eigenvalue weighted by Crippen LogP contribution is 2.40. The van der Waals surface area contributed by atoms with Gasteiger partial charge in [-0.1, -0.05) is 12.8 Å². The number of hydrogen-bond donors (Lipinski definition) is 1. The summed E-state index contributed by atoms with van der Waals surface area (Å²) < 4.78 is 15.4. The summed E-state index contributed by atoms with van der Waals surface area (Å²) in [5.74, 6) is 0.889. The molecule has 2 spiro atoms. The lowest BCUT2D eigenvalue weighted by atomic mass is 9.88. The molecule has 0 atom stereocenters. The van der Waals surface area contributed by atoms with Crippen LogP contribution >= 0.6 is 0 Å². The topological polar surface area (TPSA) is 119 Å². The summed E-state index contributed by atoms with van der Waals surface area (Å²) in [6.07, 6.45) is 10.2. The van der Waals surface area contributed by atoms with Crippen LogP contribution in [0.2, 0.25) is 0 Å². The molecule has 10 heteroatoms. The molecule has 6 rings (SSSR count). The lowest BCUT2D eigenvalue weighted by molar-refractivity contribution is -0.150. The standard InChI is InChI=1S/C19H24N2O4.C15H18N2O2/c1-3-25-16(22)13-21-18(23)17(14-7-9-15(24-2)10-8-14)20-19(21)11-5-4-6-12-19;1-19-12-7-5-11(6-8-12)13-14(18)17-15(16-13)9-3-2-4-10-15/h7-10H,3-6,11-13H2,1-2H3;5-8H,2-4,9-10H2,1H3,(H,17,18). The molecule has 0 saturated heterocycles. The van der Waals surface area contributed by atoms with Crippen LogP contribution < -0.4 is 14.8 Å². The van der Waals surface area contributed by atoms with Gasteiger partial charge in [0.05, 0.1) is 20.8 Å². The number of hydrogen-bond acceptors (Lipinski definition) is 8. The Morgan fingerprint density at radius 2 is 1.30 bits per heavy atom. The van der Waals surface area contributed by atoms with Crippen LogP contribution in [0.15, 0.2) is 58.5 Å². The zero-order valence-corrected chi connectivity index (χ0v) is 25.9. The van der Waals surface area contributed by atoms with E-state index in [0.29, 0.717) is 18.0 Å². The predicted molar refractivity (Wildman–Crippen MR) is 167 cm³/mol. The fraction of sp³-hybridized carbons (Fsp3) is 0.500. The van der Waals surface area contributed by atoms with Crippen molar-refractivity contribution in [3.8, 4) is 11.5 Å². The second-order valence-corrected chi connectivity index (χ2v) is 11.7. The van der Waals surface area contributed by atoms with Gasteiger partial charge >= 0.3 is 5.97 Å². The normalized spacial score (nSPS) is 19.9. The number of amides is 2. The molecule has 0 bridgehead atoms. The van der Waals surface area contributed by atoms with Gasteiger partial charge in [0.1, 0.15) is 40.8 Å². The zero-order valence-electron chi connectivity index (χ0n) is 25.9. The van der Waals surface area contributed by atoms with Crippen LogP contribution in [0.5, 0.6) is 11.5 Å². The van der Waals surface area contributed by atoms with E-state index >= 15 is 0 Å². The molecule has 2 aliphatic carbocycles. The summed E-state index contributed by atoms with van der Waals surface area (Å²) in [4.78, 5) is 48.3. The fourth-order valence-corrected chi connectivity index (χ4v) is 6.51. The third-order valence-corrected chi connectivity index (χ3v) is 8.81. The van der Waals surface area contributed by atoms with Crippen molar-refractivity contribution in [2.45, 2.75) is 82.5 Å². The van der Waals surface area contributed by atoms with Gasteiger partial charge in [0.25, 0.3) is 11.8 Å². The maximum absolute atomic E-state index is 13.0. The molecule has 0 unspecified atom stereocenters. The van der Waals surface area contributed by atoms with Crippen LogP contribution in [-0.2, 0) is 19.1 Å². The SMILES string of the molecule is CCOC(=O)CN1C(=O)C(c2ccc(OC)cc2)=NC12CCCCC2.COc1ccc(C2=NC3(CCCCC3)NC2=O)cc1. The lowest BCUT2D eigenvalue weighted by Crippen LogP contribution is -2.50. The number of ether oxygens (including phenoxy) is 3.